The molecular formula is C47H50Cl2N10O5S. The van der Waals surface area contributed by atoms with Crippen molar-refractivity contribution in [3.8, 4) is 21.9 Å². The van der Waals surface area contributed by atoms with Gasteiger partial charge in [0.05, 0.1) is 42.0 Å². The van der Waals surface area contributed by atoms with Crippen LogP contribution < -0.4 is 15.4 Å². The molecule has 65 heavy (non-hydrogen) atoms. The molecule has 338 valence electrons. The van der Waals surface area contributed by atoms with E-state index in [4.69, 9.17) is 32.9 Å². The number of aryl methyl sites for hydroxylation is 3. The first-order valence-electron chi connectivity index (χ1n) is 21.5. The summed E-state index contributed by atoms with van der Waals surface area (Å²) in [6.45, 7) is 11.6. The molecule has 0 spiro atoms. The highest BCUT2D eigenvalue weighted by Crippen LogP contribution is 2.40. The highest BCUT2D eigenvalue weighted by Gasteiger charge is 2.32. The van der Waals surface area contributed by atoms with Crippen molar-refractivity contribution in [2.45, 2.75) is 85.9 Å². The summed E-state index contributed by atoms with van der Waals surface area (Å²) in [4.78, 5) is 46.8. The lowest BCUT2D eigenvalue weighted by atomic mass is 9.99. The number of hydrogen-bond donors (Lipinski definition) is 4. The second-order valence-electron chi connectivity index (χ2n) is 15.3. The molecule has 4 N–H and O–H groups in total. The van der Waals surface area contributed by atoms with Gasteiger partial charge in [-0.15, -0.1) is 26.6 Å². The number of nitrogens with zero attached hydrogens (tertiary/aromatic N) is 7. The summed E-state index contributed by atoms with van der Waals surface area (Å²) in [5.41, 5.74) is 6.82. The first-order chi connectivity index (χ1) is 31.4. The van der Waals surface area contributed by atoms with Crippen LogP contribution >= 0.6 is 34.5 Å². The number of aliphatic imine (C=N–C) groups is 1. The third kappa shape index (κ3) is 10.8. The fraction of sp³-hybridized carbons (Fsp3) is 0.319. The van der Waals surface area contributed by atoms with Gasteiger partial charge in [0.15, 0.2) is 5.82 Å². The molecule has 1 aliphatic rings. The summed E-state index contributed by atoms with van der Waals surface area (Å²) < 4.78 is 9.59. The Morgan fingerprint density at radius 2 is 1.66 bits per heavy atom. The molecule has 18 heteroatoms. The summed E-state index contributed by atoms with van der Waals surface area (Å²) in [6, 6.07) is 17.8. The molecule has 0 fully saturated rings. The van der Waals surface area contributed by atoms with Crippen molar-refractivity contribution in [2.75, 3.05) is 13.2 Å². The van der Waals surface area contributed by atoms with E-state index in [1.807, 2.05) is 80.1 Å². The number of amides is 2. The van der Waals surface area contributed by atoms with Crippen molar-refractivity contribution < 1.29 is 24.2 Å². The summed E-state index contributed by atoms with van der Waals surface area (Å²) >= 11 is 14.4. The number of fused-ring (bicyclic) bond motifs is 4. The van der Waals surface area contributed by atoms with Crippen LogP contribution in [0.3, 0.4) is 0 Å². The quantitative estimate of drug-likeness (QED) is 0.0644. The third-order valence-corrected chi connectivity index (χ3v) is 12.7. The molecule has 0 saturated carbocycles. The lowest BCUT2D eigenvalue weighted by molar-refractivity contribution is -0.122. The molecule has 15 nitrogen and oxygen atoms in total. The molecule has 1 aliphatic heterocycles. The Bertz CT molecular complexity index is 2850. The molecule has 8 rings (SSSR count). The molecule has 0 radical (unpaired) electrons. The van der Waals surface area contributed by atoms with E-state index in [0.29, 0.717) is 69.9 Å². The van der Waals surface area contributed by atoms with Gasteiger partial charge in [0, 0.05) is 56.7 Å². The Hall–Kier alpha value is -6.36. The standard InChI is InChI=1S/C45H44Cl2N10O5S.C2H6/c1-25-26(2)63-44-41(25)42(29-8-12-30(46)13-9-29)51-38(43-54-52-27(3)57(43)44)21-40(59)50-22-31-24-56(55-53-31)17-6-4-5-7-39(58)48-16-18-62-32-14-10-28(11-15-32)33-19-34-35(45(60)61)23-49-37(34)20-36(33)47;1-2/h8-15,19-20,23-24,38,49H,4-7,16-18,21-22H2,1-3H3,(H,48,58)(H,50,59)(H,60,61);1-2H3. The number of thiophene rings is 1. The lowest BCUT2D eigenvalue weighted by Crippen LogP contribution is -2.27. The average Bonchev–Trinajstić information content (AvgIpc) is 4.08. The monoisotopic (exact) mass is 936 g/mol. The van der Waals surface area contributed by atoms with Crippen molar-refractivity contribution in [1.82, 2.24) is 45.4 Å². The van der Waals surface area contributed by atoms with Crippen molar-refractivity contribution in [1.29, 1.82) is 0 Å². The van der Waals surface area contributed by atoms with Gasteiger partial charge in [0.1, 0.15) is 34.9 Å². The zero-order valence-corrected chi connectivity index (χ0v) is 39.1. The van der Waals surface area contributed by atoms with Gasteiger partial charge >= 0.3 is 5.97 Å². The van der Waals surface area contributed by atoms with E-state index in [-0.39, 0.29) is 30.3 Å². The highest BCUT2D eigenvalue weighted by atomic mass is 35.5. The minimum absolute atomic E-state index is 0.0457. The number of nitrogens with one attached hydrogen (secondary N) is 3. The highest BCUT2D eigenvalue weighted by molar-refractivity contribution is 7.15. The van der Waals surface area contributed by atoms with Crippen LogP contribution in [0.2, 0.25) is 10.0 Å². The van der Waals surface area contributed by atoms with Crippen LogP contribution in [0.5, 0.6) is 5.75 Å². The number of carbonyl (C=O) groups excluding carboxylic acids is 2. The second kappa shape index (κ2) is 21.1. The molecule has 0 aliphatic carbocycles. The number of carbonyl (C=O) groups is 3. The molecule has 0 bridgehead atoms. The molecule has 0 saturated heterocycles. The number of halogens is 2. The Kier molecular flexibility index (Phi) is 15.1. The Labute approximate surface area is 390 Å². The lowest BCUT2D eigenvalue weighted by Gasteiger charge is -2.13. The van der Waals surface area contributed by atoms with Crippen LogP contribution in [-0.4, -0.2) is 76.5 Å². The number of carboxylic acid groups (broad SMARTS) is 1. The van der Waals surface area contributed by atoms with Crippen LogP contribution in [-0.2, 0) is 22.7 Å². The first kappa shape index (κ1) is 46.6. The van der Waals surface area contributed by atoms with Gasteiger partial charge in [-0.2, -0.15) is 0 Å². The fourth-order valence-electron chi connectivity index (χ4n) is 7.55. The molecular weight excluding hydrogens is 888 g/mol. The van der Waals surface area contributed by atoms with Crippen LogP contribution in [0.1, 0.15) is 101 Å². The molecule has 5 heterocycles. The zero-order chi connectivity index (χ0) is 46.2. The number of ether oxygens (including phenoxy) is 1. The van der Waals surface area contributed by atoms with E-state index in [1.165, 1.54) is 11.1 Å². The van der Waals surface area contributed by atoms with Gasteiger partial charge in [-0.05, 0) is 81.1 Å². The summed E-state index contributed by atoms with van der Waals surface area (Å²) in [5.74, 6) is 0.710. The summed E-state index contributed by atoms with van der Waals surface area (Å²) in [7, 11) is 0. The maximum absolute atomic E-state index is 13.4. The zero-order valence-electron chi connectivity index (χ0n) is 36.7. The van der Waals surface area contributed by atoms with Crippen LogP contribution in [0.15, 0.2) is 78.0 Å². The van der Waals surface area contributed by atoms with Gasteiger partial charge in [0.25, 0.3) is 0 Å². The minimum Gasteiger partial charge on any atom is -0.492 e. The minimum atomic E-state index is -1.01. The number of aromatic amines is 1. The number of unbranched alkanes of at least 4 members (excludes halogenated alkanes) is 2. The largest absolute Gasteiger partial charge is 0.492 e. The molecule has 3 aromatic carbocycles. The first-order valence-corrected chi connectivity index (χ1v) is 23.1. The second-order valence-corrected chi connectivity index (χ2v) is 17.3. The smallest absolute Gasteiger partial charge is 0.337 e. The van der Waals surface area contributed by atoms with Crippen LogP contribution in [0.4, 0.5) is 0 Å². The molecule has 1 atom stereocenters. The molecule has 7 aromatic rings. The van der Waals surface area contributed by atoms with Crippen LogP contribution in [0, 0.1) is 20.8 Å². The average molecular weight is 938 g/mol. The fourth-order valence-corrected chi connectivity index (χ4v) is 9.17. The van der Waals surface area contributed by atoms with E-state index >= 15 is 0 Å². The molecule has 2 amide bonds. The van der Waals surface area contributed by atoms with E-state index < -0.39 is 12.0 Å². The van der Waals surface area contributed by atoms with Gasteiger partial charge in [0.2, 0.25) is 11.8 Å². The van der Waals surface area contributed by atoms with E-state index in [0.717, 1.165) is 58.1 Å². The maximum atomic E-state index is 13.4. The Balaban J connectivity index is 0.00000311. The summed E-state index contributed by atoms with van der Waals surface area (Å²) in [5, 5.41) is 35.4. The normalized spacial score (nSPS) is 13.0. The van der Waals surface area contributed by atoms with Crippen molar-refractivity contribution in [2.24, 2.45) is 4.99 Å². The predicted molar refractivity (Wildman–Crippen MR) is 254 cm³/mol. The van der Waals surface area contributed by atoms with Gasteiger partial charge < -0.3 is 25.5 Å². The number of aromatic nitrogens is 7. The predicted octanol–water partition coefficient (Wildman–Crippen LogP) is 9.38. The van der Waals surface area contributed by atoms with Gasteiger partial charge in [-0.1, -0.05) is 72.9 Å². The number of hydrogen-bond acceptors (Lipinski definition) is 10. The maximum Gasteiger partial charge on any atom is 0.337 e. The van der Waals surface area contributed by atoms with Crippen molar-refractivity contribution in [3.05, 3.63) is 128 Å². The molecule has 1 unspecified atom stereocenters. The van der Waals surface area contributed by atoms with Crippen LogP contribution in [0.25, 0.3) is 27.0 Å². The Morgan fingerprint density at radius 1 is 0.908 bits per heavy atom. The molecule has 4 aromatic heterocycles. The number of rotatable bonds is 17. The van der Waals surface area contributed by atoms with E-state index in [1.54, 1.807) is 28.2 Å². The number of H-pyrrole nitrogens is 1. The van der Waals surface area contributed by atoms with Gasteiger partial charge in [-0.25, -0.2) is 4.79 Å². The Morgan fingerprint density at radius 3 is 2.42 bits per heavy atom. The van der Waals surface area contributed by atoms with Crippen molar-refractivity contribution in [3.63, 3.8) is 0 Å². The van der Waals surface area contributed by atoms with E-state index in [9.17, 15) is 19.5 Å². The topological polar surface area (TPSA) is 194 Å². The third-order valence-electron chi connectivity index (χ3n) is 10.9. The number of aromatic carboxylic acids is 1. The van der Waals surface area contributed by atoms with E-state index in [2.05, 4.69) is 50.0 Å². The van der Waals surface area contributed by atoms with Crippen molar-refractivity contribution >= 4 is 68.9 Å². The number of benzene rings is 3. The van der Waals surface area contributed by atoms with Gasteiger partial charge in [-0.3, -0.25) is 23.8 Å². The summed E-state index contributed by atoms with van der Waals surface area (Å²) in [6.07, 6.45) is 6.10. The SMILES string of the molecule is CC.Cc1sc2c(c1C)C(c1ccc(Cl)cc1)=NC(CC(=O)NCc1cn(CCCCCC(=O)NCCOc3ccc(-c4cc5c(C(=O)O)c[nH]c5cc4Cl)cc3)nn1)c1nnc(C)n1-2. The number of carboxylic acids is 1.